The first-order valence-corrected chi connectivity index (χ1v) is 8.66. The molecule has 1 aromatic carbocycles. The van der Waals surface area contributed by atoms with Gasteiger partial charge in [0.2, 0.25) is 0 Å². The molecular weight excluding hydrogens is 316 g/mol. The first-order chi connectivity index (χ1) is 12.2. The quantitative estimate of drug-likeness (QED) is 0.848. The highest BCUT2D eigenvalue weighted by atomic mass is 16.5. The van der Waals surface area contributed by atoms with Crippen molar-refractivity contribution in [2.75, 3.05) is 20.2 Å². The van der Waals surface area contributed by atoms with Crippen LogP contribution in [-0.4, -0.2) is 47.3 Å². The molecule has 3 rings (SSSR count). The van der Waals surface area contributed by atoms with E-state index in [1.54, 1.807) is 6.20 Å². The van der Waals surface area contributed by atoms with Crippen molar-refractivity contribution in [3.05, 3.63) is 54.2 Å². The van der Waals surface area contributed by atoms with Crippen LogP contribution in [0.2, 0.25) is 0 Å². The van der Waals surface area contributed by atoms with Crippen molar-refractivity contribution in [1.82, 2.24) is 9.88 Å². The Morgan fingerprint density at radius 3 is 2.76 bits per heavy atom. The Labute approximate surface area is 148 Å². The molecule has 1 atom stereocenters. The summed E-state index contributed by atoms with van der Waals surface area (Å²) in [6.45, 7) is 2.60. The van der Waals surface area contributed by atoms with Crippen molar-refractivity contribution in [1.29, 1.82) is 0 Å². The topological polar surface area (TPSA) is 62.7 Å². The highest BCUT2D eigenvalue weighted by Gasteiger charge is 2.30. The lowest BCUT2D eigenvalue weighted by atomic mass is 9.91. The summed E-state index contributed by atoms with van der Waals surface area (Å²) in [5.74, 6) is -0.537. The third kappa shape index (κ3) is 4.44. The fourth-order valence-electron chi connectivity index (χ4n) is 3.36. The van der Waals surface area contributed by atoms with Crippen molar-refractivity contribution in [2.45, 2.75) is 25.5 Å². The number of pyridine rings is 1. The lowest BCUT2D eigenvalue weighted by Gasteiger charge is -2.33. The fourth-order valence-corrected chi connectivity index (χ4v) is 3.36. The number of carbonyl (C=O) groups is 1. The zero-order valence-corrected chi connectivity index (χ0v) is 14.5. The van der Waals surface area contributed by atoms with Gasteiger partial charge in [0.1, 0.15) is 0 Å². The van der Waals surface area contributed by atoms with E-state index in [-0.39, 0.29) is 5.92 Å². The van der Waals surface area contributed by atoms with Crippen molar-refractivity contribution >= 4 is 5.97 Å². The minimum absolute atomic E-state index is 0.0106. The molecule has 1 fully saturated rings. The number of hydrogen-bond donors (Lipinski definition) is 1. The van der Waals surface area contributed by atoms with Crippen LogP contribution in [-0.2, 0) is 16.1 Å². The Kier molecular flexibility index (Phi) is 5.79. The second-order valence-electron chi connectivity index (χ2n) is 6.50. The van der Waals surface area contributed by atoms with E-state index in [1.165, 1.54) is 12.7 Å². The third-order valence-electron chi connectivity index (χ3n) is 4.82. The summed E-state index contributed by atoms with van der Waals surface area (Å²) in [5.41, 5.74) is 3.34. The molecule has 2 heterocycles. The van der Waals surface area contributed by atoms with Crippen LogP contribution in [0.3, 0.4) is 0 Å². The van der Waals surface area contributed by atoms with Crippen LogP contribution < -0.4 is 0 Å². The number of methoxy groups -OCH3 is 1. The Morgan fingerprint density at radius 2 is 2.08 bits per heavy atom. The van der Waals surface area contributed by atoms with Crippen LogP contribution in [0.25, 0.3) is 11.3 Å². The minimum Gasteiger partial charge on any atom is -0.467 e. The van der Waals surface area contributed by atoms with Crippen LogP contribution in [0.5, 0.6) is 0 Å². The molecule has 0 spiro atoms. The van der Waals surface area contributed by atoms with Crippen LogP contribution >= 0.6 is 0 Å². The van der Waals surface area contributed by atoms with E-state index in [1.807, 2.05) is 18.2 Å². The average molecular weight is 340 g/mol. The number of rotatable bonds is 5. The molecule has 0 radical (unpaired) electrons. The number of carbonyl (C=O) groups excluding carboxylic acids is 1. The molecule has 0 aliphatic carbocycles. The van der Waals surface area contributed by atoms with Gasteiger partial charge in [-0.3, -0.25) is 9.88 Å². The number of aliphatic hydroxyl groups is 1. The van der Waals surface area contributed by atoms with Gasteiger partial charge in [0.25, 0.3) is 0 Å². The summed E-state index contributed by atoms with van der Waals surface area (Å²) >= 11 is 0. The monoisotopic (exact) mass is 340 g/mol. The Bertz CT molecular complexity index is 697. The molecule has 1 saturated heterocycles. The molecule has 132 valence electrons. The number of hydrogen-bond acceptors (Lipinski definition) is 5. The van der Waals surface area contributed by atoms with Crippen molar-refractivity contribution in [2.24, 2.45) is 5.92 Å². The van der Waals surface area contributed by atoms with Gasteiger partial charge in [-0.2, -0.15) is 0 Å². The number of nitrogens with zero attached hydrogens (tertiary/aromatic N) is 2. The molecule has 0 bridgehead atoms. The minimum atomic E-state index is -1.00. The van der Waals surface area contributed by atoms with Crippen LogP contribution in [0.15, 0.2) is 48.7 Å². The van der Waals surface area contributed by atoms with Crippen LogP contribution in [0.4, 0.5) is 0 Å². The van der Waals surface area contributed by atoms with E-state index in [4.69, 9.17) is 0 Å². The maximum atomic E-state index is 11.5. The van der Waals surface area contributed by atoms with Gasteiger partial charge >= 0.3 is 5.97 Å². The largest absolute Gasteiger partial charge is 0.467 e. The number of esters is 1. The molecular formula is C20H24N2O3. The van der Waals surface area contributed by atoms with Gasteiger partial charge in [-0.05, 0) is 55.6 Å². The number of ether oxygens (including phenoxy) is 1. The van der Waals surface area contributed by atoms with Crippen LogP contribution in [0, 0.1) is 5.92 Å². The first kappa shape index (κ1) is 17.6. The van der Waals surface area contributed by atoms with E-state index >= 15 is 0 Å². The summed E-state index contributed by atoms with van der Waals surface area (Å²) in [6, 6.07) is 14.4. The number of aromatic nitrogens is 1. The summed E-state index contributed by atoms with van der Waals surface area (Å²) in [5, 5.41) is 9.98. The lowest BCUT2D eigenvalue weighted by molar-refractivity contribution is -0.154. The first-order valence-electron chi connectivity index (χ1n) is 8.66. The molecule has 1 aromatic heterocycles. The molecule has 5 heteroatoms. The van der Waals surface area contributed by atoms with Gasteiger partial charge < -0.3 is 9.84 Å². The van der Waals surface area contributed by atoms with Crippen LogP contribution in [0.1, 0.15) is 18.4 Å². The maximum Gasteiger partial charge on any atom is 0.334 e. The fraction of sp³-hybridized carbons (Fsp3) is 0.400. The number of benzene rings is 1. The number of piperidine rings is 1. The summed E-state index contributed by atoms with van der Waals surface area (Å²) in [7, 11) is 1.31. The summed E-state index contributed by atoms with van der Waals surface area (Å²) < 4.78 is 4.63. The highest BCUT2D eigenvalue weighted by Crippen LogP contribution is 2.24. The Balaban J connectivity index is 1.58. The smallest absolute Gasteiger partial charge is 0.334 e. The zero-order valence-electron chi connectivity index (χ0n) is 14.5. The van der Waals surface area contributed by atoms with Gasteiger partial charge in [0.05, 0.1) is 12.8 Å². The average Bonchev–Trinajstić information content (AvgIpc) is 2.68. The van der Waals surface area contributed by atoms with Gasteiger partial charge in [-0.25, -0.2) is 4.79 Å². The predicted molar refractivity (Wildman–Crippen MR) is 95.7 cm³/mol. The van der Waals surface area contributed by atoms with Crippen molar-refractivity contribution in [3.8, 4) is 11.3 Å². The van der Waals surface area contributed by atoms with E-state index in [2.05, 4.69) is 38.9 Å². The van der Waals surface area contributed by atoms with Crippen molar-refractivity contribution in [3.63, 3.8) is 0 Å². The molecule has 0 saturated carbocycles. The molecule has 1 N–H and O–H groups in total. The lowest BCUT2D eigenvalue weighted by Crippen LogP contribution is -2.40. The van der Waals surface area contributed by atoms with Crippen molar-refractivity contribution < 1.29 is 14.6 Å². The summed E-state index contributed by atoms with van der Waals surface area (Å²) in [6.07, 6.45) is 2.41. The maximum absolute atomic E-state index is 11.5. The molecule has 1 aliphatic heterocycles. The zero-order chi connectivity index (χ0) is 17.6. The van der Waals surface area contributed by atoms with E-state index in [0.717, 1.165) is 43.7 Å². The molecule has 1 aliphatic rings. The van der Waals surface area contributed by atoms with E-state index in [9.17, 15) is 9.90 Å². The molecule has 2 aromatic rings. The number of likely N-dealkylation sites (tertiary alicyclic amines) is 1. The molecule has 5 nitrogen and oxygen atoms in total. The molecule has 0 unspecified atom stereocenters. The van der Waals surface area contributed by atoms with E-state index < -0.39 is 12.1 Å². The Hall–Kier alpha value is -2.24. The van der Waals surface area contributed by atoms with Gasteiger partial charge in [-0.1, -0.05) is 24.3 Å². The van der Waals surface area contributed by atoms with E-state index in [0.29, 0.717) is 0 Å². The van der Waals surface area contributed by atoms with Gasteiger partial charge in [-0.15, -0.1) is 0 Å². The van der Waals surface area contributed by atoms with Gasteiger partial charge in [0.15, 0.2) is 6.10 Å². The SMILES string of the molecule is COC(=O)[C@@H](O)C1CCN(Cc2cccc(-c3ccccn3)c2)CC1. The predicted octanol–water partition coefficient (Wildman–Crippen LogP) is 2.49. The number of aliphatic hydroxyl groups excluding tert-OH is 1. The second kappa shape index (κ2) is 8.23. The Morgan fingerprint density at radius 1 is 1.28 bits per heavy atom. The normalized spacial score (nSPS) is 17.2. The standard InChI is InChI=1S/C20H24N2O3/c1-25-20(24)19(23)16-8-11-22(12-9-16)14-15-5-4-6-17(13-15)18-7-2-3-10-21-18/h2-7,10,13,16,19,23H,8-9,11-12,14H2,1H3/t19-/m0/s1. The summed E-state index contributed by atoms with van der Waals surface area (Å²) in [4.78, 5) is 18.2. The molecule has 25 heavy (non-hydrogen) atoms. The molecule has 0 amide bonds. The highest BCUT2D eigenvalue weighted by molar-refractivity contribution is 5.74. The third-order valence-corrected chi connectivity index (χ3v) is 4.82. The second-order valence-corrected chi connectivity index (χ2v) is 6.50. The van der Waals surface area contributed by atoms with Gasteiger partial charge in [0, 0.05) is 18.3 Å².